The number of benzene rings is 1. The molecule has 5 nitrogen and oxygen atoms in total. The molecule has 1 fully saturated rings. The molecule has 0 aromatic heterocycles. The topological polar surface area (TPSA) is 58.8 Å². The predicted octanol–water partition coefficient (Wildman–Crippen LogP) is 1.20. The van der Waals surface area contributed by atoms with E-state index in [1.807, 2.05) is 6.07 Å². The van der Waals surface area contributed by atoms with Gasteiger partial charge in [-0.25, -0.2) is 4.79 Å². The summed E-state index contributed by atoms with van der Waals surface area (Å²) in [6.45, 7) is 6.96. The Morgan fingerprint density at radius 2 is 2.00 bits per heavy atom. The predicted molar refractivity (Wildman–Crippen MR) is 76.5 cm³/mol. The second-order valence-corrected chi connectivity index (χ2v) is 4.66. The fraction of sp³-hybridized carbons (Fsp3) is 0.500. The molecule has 2 rings (SSSR count). The van der Waals surface area contributed by atoms with Crippen LogP contribution in [-0.4, -0.2) is 50.7 Å². The Bertz CT molecular complexity index is 454. The lowest BCUT2D eigenvalue weighted by molar-refractivity contribution is 0.0601. The molecule has 0 unspecified atom stereocenters. The van der Waals surface area contributed by atoms with Gasteiger partial charge in [-0.05, 0) is 18.7 Å². The van der Waals surface area contributed by atoms with E-state index in [1.54, 1.807) is 12.1 Å². The van der Waals surface area contributed by atoms with E-state index >= 15 is 0 Å². The van der Waals surface area contributed by atoms with Crippen molar-refractivity contribution in [3.63, 3.8) is 0 Å². The summed E-state index contributed by atoms with van der Waals surface area (Å²) in [6.07, 6.45) is 0. The Kier molecular flexibility index (Phi) is 4.27. The monoisotopic (exact) mass is 263 g/mol. The Labute approximate surface area is 113 Å². The van der Waals surface area contributed by atoms with Gasteiger partial charge >= 0.3 is 5.97 Å². The summed E-state index contributed by atoms with van der Waals surface area (Å²) in [5.74, 6) is -0.333. The van der Waals surface area contributed by atoms with Crippen LogP contribution in [0.1, 0.15) is 17.3 Å². The third-order valence-corrected chi connectivity index (χ3v) is 3.61. The molecule has 0 amide bonds. The number of anilines is 2. The molecule has 5 heteroatoms. The minimum Gasteiger partial charge on any atom is -0.465 e. The third kappa shape index (κ3) is 2.81. The molecule has 0 aliphatic carbocycles. The molecule has 1 aromatic carbocycles. The van der Waals surface area contributed by atoms with Crippen LogP contribution in [0.15, 0.2) is 18.2 Å². The van der Waals surface area contributed by atoms with E-state index in [-0.39, 0.29) is 5.97 Å². The molecule has 0 saturated carbocycles. The normalized spacial score (nSPS) is 16.4. The van der Waals surface area contributed by atoms with Crippen LogP contribution in [0.3, 0.4) is 0 Å². The molecule has 1 aliphatic rings. The van der Waals surface area contributed by atoms with E-state index in [2.05, 4.69) is 16.7 Å². The second-order valence-electron chi connectivity index (χ2n) is 4.66. The van der Waals surface area contributed by atoms with Gasteiger partial charge in [0.2, 0.25) is 0 Å². The van der Waals surface area contributed by atoms with Crippen LogP contribution < -0.4 is 10.6 Å². The molecule has 1 aromatic rings. The molecule has 104 valence electrons. The van der Waals surface area contributed by atoms with Crippen molar-refractivity contribution < 1.29 is 9.53 Å². The number of likely N-dealkylation sites (N-methyl/N-ethyl adjacent to an activating group) is 1. The van der Waals surface area contributed by atoms with Gasteiger partial charge in [-0.1, -0.05) is 13.0 Å². The molecule has 1 saturated heterocycles. The molecule has 0 radical (unpaired) electrons. The first-order chi connectivity index (χ1) is 9.17. The Balaban J connectivity index is 2.26. The lowest BCUT2D eigenvalue weighted by atomic mass is 10.1. The van der Waals surface area contributed by atoms with Crippen LogP contribution in [0.25, 0.3) is 0 Å². The summed E-state index contributed by atoms with van der Waals surface area (Å²) in [5, 5.41) is 0. The maximum Gasteiger partial charge on any atom is 0.340 e. The lowest BCUT2D eigenvalue weighted by Gasteiger charge is -2.36. The minimum atomic E-state index is -0.333. The van der Waals surface area contributed by atoms with E-state index in [4.69, 9.17) is 10.5 Å². The number of para-hydroxylation sites is 1. The number of nitrogens with two attached hydrogens (primary N) is 1. The fourth-order valence-corrected chi connectivity index (χ4v) is 2.48. The van der Waals surface area contributed by atoms with Crippen molar-refractivity contribution in [1.29, 1.82) is 0 Å². The molecular weight excluding hydrogens is 242 g/mol. The maximum absolute atomic E-state index is 11.8. The zero-order valence-electron chi connectivity index (χ0n) is 11.6. The molecule has 0 spiro atoms. The van der Waals surface area contributed by atoms with Gasteiger partial charge in [0.1, 0.15) is 0 Å². The number of piperazine rings is 1. The standard InChI is InChI=1S/C14H21N3O2/c1-3-16-7-9-17(10-8-16)13-11(14(18)19-2)5-4-6-12(13)15/h4-6H,3,7-10,15H2,1-2H3. The van der Waals surface area contributed by atoms with Crippen LogP contribution >= 0.6 is 0 Å². The molecule has 0 atom stereocenters. The minimum absolute atomic E-state index is 0.333. The van der Waals surface area contributed by atoms with Gasteiger partial charge < -0.3 is 20.3 Å². The number of nitrogens with zero attached hydrogens (tertiary/aromatic N) is 2. The van der Waals surface area contributed by atoms with Crippen molar-refractivity contribution in [2.24, 2.45) is 0 Å². The quantitative estimate of drug-likeness (QED) is 0.656. The Morgan fingerprint density at radius 3 is 2.58 bits per heavy atom. The average molecular weight is 263 g/mol. The smallest absolute Gasteiger partial charge is 0.340 e. The van der Waals surface area contributed by atoms with Gasteiger partial charge in [-0.3, -0.25) is 0 Å². The molecule has 19 heavy (non-hydrogen) atoms. The highest BCUT2D eigenvalue weighted by Crippen LogP contribution is 2.29. The first-order valence-electron chi connectivity index (χ1n) is 6.61. The highest BCUT2D eigenvalue weighted by molar-refractivity contribution is 5.99. The third-order valence-electron chi connectivity index (χ3n) is 3.61. The van der Waals surface area contributed by atoms with Crippen molar-refractivity contribution in [3.8, 4) is 0 Å². The van der Waals surface area contributed by atoms with Crippen molar-refractivity contribution >= 4 is 17.3 Å². The van der Waals surface area contributed by atoms with Gasteiger partial charge in [-0.15, -0.1) is 0 Å². The number of rotatable bonds is 3. The molecule has 1 heterocycles. The SMILES string of the molecule is CCN1CCN(c2c(N)cccc2C(=O)OC)CC1. The number of hydrogen-bond donors (Lipinski definition) is 1. The van der Waals surface area contributed by atoms with Gasteiger partial charge in [0.25, 0.3) is 0 Å². The molecule has 1 aliphatic heterocycles. The first-order valence-corrected chi connectivity index (χ1v) is 6.61. The fourth-order valence-electron chi connectivity index (χ4n) is 2.48. The summed E-state index contributed by atoms with van der Waals surface area (Å²) in [6, 6.07) is 5.38. The Morgan fingerprint density at radius 1 is 1.32 bits per heavy atom. The van der Waals surface area contributed by atoms with Crippen LogP contribution in [0, 0.1) is 0 Å². The highest BCUT2D eigenvalue weighted by atomic mass is 16.5. The summed E-state index contributed by atoms with van der Waals surface area (Å²) in [4.78, 5) is 16.4. The highest BCUT2D eigenvalue weighted by Gasteiger charge is 2.23. The maximum atomic E-state index is 11.8. The van der Waals surface area contributed by atoms with E-state index in [0.29, 0.717) is 11.3 Å². The van der Waals surface area contributed by atoms with Gasteiger partial charge in [-0.2, -0.15) is 0 Å². The van der Waals surface area contributed by atoms with Gasteiger partial charge in [0.15, 0.2) is 0 Å². The summed E-state index contributed by atoms with van der Waals surface area (Å²) < 4.78 is 4.83. The van der Waals surface area contributed by atoms with Gasteiger partial charge in [0.05, 0.1) is 24.0 Å². The van der Waals surface area contributed by atoms with Gasteiger partial charge in [0, 0.05) is 26.2 Å². The van der Waals surface area contributed by atoms with E-state index in [1.165, 1.54) is 7.11 Å². The van der Waals surface area contributed by atoms with Crippen LogP contribution in [0.5, 0.6) is 0 Å². The number of nitrogen functional groups attached to an aromatic ring is 1. The van der Waals surface area contributed by atoms with Crippen molar-refractivity contribution in [3.05, 3.63) is 23.8 Å². The summed E-state index contributed by atoms with van der Waals surface area (Å²) in [7, 11) is 1.39. The van der Waals surface area contributed by atoms with E-state index in [9.17, 15) is 4.79 Å². The lowest BCUT2D eigenvalue weighted by Crippen LogP contribution is -2.46. The molecule has 2 N–H and O–H groups in total. The number of methoxy groups -OCH3 is 1. The summed E-state index contributed by atoms with van der Waals surface area (Å²) in [5.41, 5.74) is 8.04. The average Bonchev–Trinajstić information content (AvgIpc) is 2.46. The second kappa shape index (κ2) is 5.93. The van der Waals surface area contributed by atoms with Crippen molar-refractivity contribution in [1.82, 2.24) is 4.90 Å². The molecule has 0 bridgehead atoms. The zero-order chi connectivity index (χ0) is 13.8. The van der Waals surface area contributed by atoms with Crippen molar-refractivity contribution in [2.75, 3.05) is 50.5 Å². The number of esters is 1. The van der Waals surface area contributed by atoms with Crippen molar-refractivity contribution in [2.45, 2.75) is 6.92 Å². The van der Waals surface area contributed by atoms with E-state index < -0.39 is 0 Å². The van der Waals surface area contributed by atoms with Crippen LogP contribution in [0.2, 0.25) is 0 Å². The molecular formula is C14H21N3O2. The first kappa shape index (κ1) is 13.7. The Hall–Kier alpha value is -1.75. The number of ether oxygens (including phenoxy) is 1. The zero-order valence-corrected chi connectivity index (χ0v) is 11.6. The van der Waals surface area contributed by atoms with E-state index in [0.717, 1.165) is 38.4 Å². The number of carbonyl (C=O) groups is 1. The largest absolute Gasteiger partial charge is 0.465 e. The number of hydrogen-bond acceptors (Lipinski definition) is 5. The van der Waals surface area contributed by atoms with Crippen LogP contribution in [0.4, 0.5) is 11.4 Å². The summed E-state index contributed by atoms with van der Waals surface area (Å²) >= 11 is 0. The number of carbonyl (C=O) groups excluding carboxylic acids is 1. The van der Waals surface area contributed by atoms with Crippen LogP contribution in [-0.2, 0) is 4.74 Å².